The van der Waals surface area contributed by atoms with Gasteiger partial charge >= 0.3 is 0 Å². The quantitative estimate of drug-likeness (QED) is 0.382. The number of likely N-dealkylation sites (N-methyl/N-ethyl adjacent to an activating group) is 1. The summed E-state index contributed by atoms with van der Waals surface area (Å²) in [6.45, 7) is 3.44. The molecule has 35 heavy (non-hydrogen) atoms. The zero-order valence-electron chi connectivity index (χ0n) is 19.4. The molecule has 0 N–H and O–H groups in total. The van der Waals surface area contributed by atoms with E-state index in [1.54, 1.807) is 18.3 Å². The zero-order chi connectivity index (χ0) is 25.1. The number of aromatic nitrogens is 2. The topological polar surface area (TPSA) is 65.3 Å². The van der Waals surface area contributed by atoms with Crippen LogP contribution < -0.4 is 37.0 Å². The predicted octanol–water partition coefficient (Wildman–Crippen LogP) is -2.20. The van der Waals surface area contributed by atoms with E-state index < -0.39 is 0 Å². The fourth-order valence-electron chi connectivity index (χ4n) is 3.60. The van der Waals surface area contributed by atoms with E-state index in [4.69, 9.17) is 54.2 Å². The molecule has 1 aliphatic heterocycles. The van der Waals surface area contributed by atoms with Crippen molar-refractivity contribution in [3.05, 3.63) is 41.6 Å². The maximum atomic E-state index is 9.06. The SMILES string of the molecule is [B]c1c([B])c([B])c(COc2nc(N3CCN(C)CC3)ncc2Sc2ccc(C#N)cc2)c([B])c1[B]. The molecule has 0 spiro atoms. The second kappa shape index (κ2) is 10.9. The van der Waals surface area contributed by atoms with Gasteiger partial charge in [0.25, 0.3) is 0 Å². The van der Waals surface area contributed by atoms with E-state index >= 15 is 0 Å². The Morgan fingerprint density at radius 2 is 1.54 bits per heavy atom. The molecule has 2 aromatic carbocycles. The maximum absolute atomic E-state index is 9.06. The van der Waals surface area contributed by atoms with Crippen LogP contribution in [0.4, 0.5) is 5.95 Å². The van der Waals surface area contributed by atoms with Crippen molar-refractivity contribution in [2.75, 3.05) is 38.1 Å². The van der Waals surface area contributed by atoms with Crippen molar-refractivity contribution in [2.45, 2.75) is 16.4 Å². The van der Waals surface area contributed by atoms with E-state index in [1.165, 1.54) is 11.8 Å². The summed E-state index contributed by atoms with van der Waals surface area (Å²) in [6, 6.07) is 9.34. The third-order valence-electron chi connectivity index (χ3n) is 5.87. The lowest BCUT2D eigenvalue weighted by Crippen LogP contribution is -2.56. The Morgan fingerprint density at radius 3 is 2.14 bits per heavy atom. The van der Waals surface area contributed by atoms with Crippen LogP contribution in [0.2, 0.25) is 0 Å². The van der Waals surface area contributed by atoms with Crippen molar-refractivity contribution in [3.8, 4) is 11.9 Å². The van der Waals surface area contributed by atoms with Gasteiger partial charge in [-0.2, -0.15) is 10.2 Å². The van der Waals surface area contributed by atoms with E-state index in [9.17, 15) is 0 Å². The Morgan fingerprint density at radius 1 is 0.943 bits per heavy atom. The Balaban J connectivity index is 1.65. The highest BCUT2D eigenvalue weighted by Gasteiger charge is 2.20. The van der Waals surface area contributed by atoms with E-state index in [-0.39, 0.29) is 33.9 Å². The molecule has 12 heteroatoms. The van der Waals surface area contributed by atoms with Crippen LogP contribution in [0.5, 0.6) is 5.88 Å². The molecule has 0 saturated carbocycles. The van der Waals surface area contributed by atoms with Crippen LogP contribution in [0.15, 0.2) is 40.3 Å². The van der Waals surface area contributed by atoms with E-state index in [0.717, 1.165) is 31.1 Å². The molecule has 0 bridgehead atoms. The number of benzene rings is 2. The molecule has 6 nitrogen and oxygen atoms in total. The fourth-order valence-corrected chi connectivity index (χ4v) is 4.43. The highest BCUT2D eigenvalue weighted by Crippen LogP contribution is 2.34. The number of nitriles is 1. The Hall–Kier alpha value is -2.76. The molecule has 2 heterocycles. The average Bonchev–Trinajstić information content (AvgIpc) is 2.88. The molecule has 0 atom stereocenters. The lowest BCUT2D eigenvalue weighted by Gasteiger charge is -2.32. The first-order chi connectivity index (χ1) is 16.8. The Labute approximate surface area is 216 Å². The third kappa shape index (κ3) is 5.57. The van der Waals surface area contributed by atoms with Gasteiger partial charge in [0.1, 0.15) is 45.8 Å². The van der Waals surface area contributed by atoms with Crippen LogP contribution in [-0.2, 0) is 6.61 Å². The summed E-state index contributed by atoms with van der Waals surface area (Å²) in [4.78, 5) is 15.3. The molecule has 1 aliphatic rings. The smallest absolute Gasteiger partial charge is 0.232 e. The number of nitrogens with zero attached hydrogens (tertiary/aromatic N) is 5. The van der Waals surface area contributed by atoms with Crippen LogP contribution in [0.1, 0.15) is 11.1 Å². The lowest BCUT2D eigenvalue weighted by molar-refractivity contribution is 0.285. The lowest BCUT2D eigenvalue weighted by atomic mass is 9.60. The van der Waals surface area contributed by atoms with E-state index in [0.29, 0.717) is 27.9 Å². The summed E-state index contributed by atoms with van der Waals surface area (Å²) in [7, 11) is 32.3. The van der Waals surface area contributed by atoms with Gasteiger partial charge in [0.05, 0.1) is 22.7 Å². The van der Waals surface area contributed by atoms with Gasteiger partial charge in [-0.05, 0) is 36.9 Å². The normalized spacial score (nSPS) is 14.0. The molecule has 1 saturated heterocycles. The van der Waals surface area contributed by atoms with Gasteiger partial charge in [-0.15, -0.1) is 16.4 Å². The van der Waals surface area contributed by atoms with Gasteiger partial charge < -0.3 is 14.5 Å². The summed E-state index contributed by atoms with van der Waals surface area (Å²) in [5.74, 6) is 0.950. The minimum absolute atomic E-state index is 0.00747. The second-order valence-electron chi connectivity index (χ2n) is 8.20. The Bertz CT molecular complexity index is 1250. The van der Waals surface area contributed by atoms with Crippen LogP contribution in [0.25, 0.3) is 0 Å². The zero-order valence-corrected chi connectivity index (χ0v) is 20.2. The van der Waals surface area contributed by atoms with Crippen molar-refractivity contribution in [1.82, 2.24) is 14.9 Å². The number of piperazine rings is 1. The molecule has 0 amide bonds. The molecule has 1 fully saturated rings. The molecular formula is C23H18B5N5OS. The van der Waals surface area contributed by atoms with Crippen LogP contribution in [0.3, 0.4) is 0 Å². The van der Waals surface area contributed by atoms with E-state index in [2.05, 4.69) is 27.9 Å². The number of hydrogen-bond donors (Lipinski definition) is 0. The number of hydrogen-bond acceptors (Lipinski definition) is 7. The fraction of sp³-hybridized carbons (Fsp3) is 0.261. The van der Waals surface area contributed by atoms with Gasteiger partial charge in [0.2, 0.25) is 11.8 Å². The average molecular weight is 467 g/mol. The van der Waals surface area contributed by atoms with Gasteiger partial charge in [0, 0.05) is 31.1 Å². The second-order valence-corrected chi connectivity index (χ2v) is 9.32. The van der Waals surface area contributed by atoms with E-state index in [1.807, 2.05) is 12.1 Å². The molecule has 0 aliphatic carbocycles. The standard InChI is InChI=1S/C23H18B5N5OS/c1-32-6-8-33(9-7-32)23-30-11-16(35-14-4-2-13(10-29)3-5-14)22(31-23)34-12-15-17(24)19(26)21(28)20(27)18(15)25/h2-5,11H,6-9,12H2,1H3. The van der Waals surface area contributed by atoms with Crippen LogP contribution >= 0.6 is 11.8 Å². The molecule has 162 valence electrons. The van der Waals surface area contributed by atoms with Crippen molar-refractivity contribution < 1.29 is 4.74 Å². The number of anilines is 1. The summed E-state index contributed by atoms with van der Waals surface area (Å²) >= 11 is 1.42. The summed E-state index contributed by atoms with van der Waals surface area (Å²) < 4.78 is 6.13. The molecular weight excluding hydrogens is 448 g/mol. The van der Waals surface area contributed by atoms with Crippen molar-refractivity contribution in [3.63, 3.8) is 0 Å². The van der Waals surface area contributed by atoms with Crippen molar-refractivity contribution in [2.24, 2.45) is 0 Å². The van der Waals surface area contributed by atoms with Crippen LogP contribution in [-0.4, -0.2) is 87.3 Å². The molecule has 0 unspecified atom stereocenters. The van der Waals surface area contributed by atoms with Gasteiger partial charge in [-0.3, -0.25) is 0 Å². The van der Waals surface area contributed by atoms with Gasteiger partial charge in [-0.25, -0.2) is 4.98 Å². The van der Waals surface area contributed by atoms with Gasteiger partial charge in [0.15, 0.2) is 0 Å². The minimum Gasteiger partial charge on any atom is -0.472 e. The van der Waals surface area contributed by atoms with Gasteiger partial charge in [-0.1, -0.05) is 22.7 Å². The molecule has 4 rings (SSSR count). The van der Waals surface area contributed by atoms with Crippen molar-refractivity contribution in [1.29, 1.82) is 5.26 Å². The number of rotatable bonds is 6. The maximum Gasteiger partial charge on any atom is 0.232 e. The predicted molar refractivity (Wildman–Crippen MR) is 145 cm³/mol. The first kappa shape index (κ1) is 25.3. The van der Waals surface area contributed by atoms with Crippen LogP contribution in [0, 0.1) is 11.3 Å². The monoisotopic (exact) mass is 467 g/mol. The highest BCUT2D eigenvalue weighted by atomic mass is 32.2. The first-order valence-corrected chi connectivity index (χ1v) is 11.7. The molecule has 10 radical (unpaired) electrons. The third-order valence-corrected chi connectivity index (χ3v) is 6.88. The largest absolute Gasteiger partial charge is 0.472 e. The summed E-state index contributed by atoms with van der Waals surface area (Å²) in [6.07, 6.45) is 1.73. The van der Waals surface area contributed by atoms with Crippen molar-refractivity contribution >= 4 is 84.3 Å². The molecule has 1 aromatic heterocycles. The highest BCUT2D eigenvalue weighted by molar-refractivity contribution is 7.99. The first-order valence-electron chi connectivity index (χ1n) is 10.9. The minimum atomic E-state index is -0.00747. The Kier molecular flexibility index (Phi) is 7.88. The summed E-state index contributed by atoms with van der Waals surface area (Å²) in [5.41, 5.74) is 1.97. The molecule has 3 aromatic rings. The summed E-state index contributed by atoms with van der Waals surface area (Å²) in [5, 5.41) is 9.06. The number of ether oxygens (including phenoxy) is 1.